The van der Waals surface area contributed by atoms with E-state index in [1.807, 2.05) is 27.7 Å². The Morgan fingerprint density at radius 2 is 1.95 bits per heavy atom. The summed E-state index contributed by atoms with van der Waals surface area (Å²) in [5.41, 5.74) is 1.05. The van der Waals surface area contributed by atoms with Crippen molar-refractivity contribution in [3.63, 3.8) is 0 Å². The van der Waals surface area contributed by atoms with Crippen LogP contribution in [-0.2, 0) is 4.79 Å². The van der Waals surface area contributed by atoms with E-state index in [9.17, 15) is 9.59 Å². The van der Waals surface area contributed by atoms with Gasteiger partial charge in [-0.1, -0.05) is 20.8 Å². The lowest BCUT2D eigenvalue weighted by Gasteiger charge is -2.15. The first kappa shape index (κ1) is 17.5. The highest BCUT2D eigenvalue weighted by molar-refractivity contribution is 6.33. The minimum atomic E-state index is -0.546. The number of halogens is 1. The summed E-state index contributed by atoms with van der Waals surface area (Å²) in [6.45, 7) is 7.77. The van der Waals surface area contributed by atoms with Crippen LogP contribution in [0.5, 0.6) is 5.75 Å². The summed E-state index contributed by atoms with van der Waals surface area (Å²) in [5, 5.41) is 2.25. The number of alkyl halides is 1. The molecule has 0 aliphatic heterocycles. The third kappa shape index (κ3) is 4.74. The van der Waals surface area contributed by atoms with Crippen LogP contribution in [0.2, 0.25) is 0 Å². The predicted molar refractivity (Wildman–Crippen MR) is 85.3 cm³/mol. The molecule has 0 heterocycles. The number of ketones is 1. The van der Waals surface area contributed by atoms with Crippen LogP contribution in [0, 0.1) is 5.92 Å². The van der Waals surface area contributed by atoms with E-state index in [2.05, 4.69) is 5.32 Å². The number of carbonyl (C=O) groups is 2. The van der Waals surface area contributed by atoms with Gasteiger partial charge in [-0.05, 0) is 31.5 Å². The zero-order valence-electron chi connectivity index (χ0n) is 12.9. The molecule has 21 heavy (non-hydrogen) atoms. The predicted octanol–water partition coefficient (Wildman–Crippen LogP) is 3.88. The number of nitrogens with one attached hydrogen (secondary N) is 1. The standard InChI is InChI=1S/C16H22ClNO3/c1-5-12(17)15(19)11-7-8-13(14(9-11)21-6-2)18-16(20)10(3)4/h7-10,12H,5-6H2,1-4H3,(H,18,20). The lowest BCUT2D eigenvalue weighted by atomic mass is 10.1. The average Bonchev–Trinajstić information content (AvgIpc) is 2.47. The zero-order chi connectivity index (χ0) is 16.0. The fraction of sp³-hybridized carbons (Fsp3) is 0.500. The number of amides is 1. The van der Waals surface area contributed by atoms with Crippen molar-refractivity contribution in [1.82, 2.24) is 0 Å². The second-order valence-electron chi connectivity index (χ2n) is 5.03. The molecule has 0 saturated heterocycles. The van der Waals surface area contributed by atoms with E-state index in [1.165, 1.54) is 0 Å². The van der Waals surface area contributed by atoms with Gasteiger partial charge in [0.1, 0.15) is 5.75 Å². The quantitative estimate of drug-likeness (QED) is 0.614. The Hall–Kier alpha value is -1.55. The third-order valence-electron chi connectivity index (χ3n) is 2.99. The number of benzene rings is 1. The highest BCUT2D eigenvalue weighted by Crippen LogP contribution is 2.28. The summed E-state index contributed by atoms with van der Waals surface area (Å²) in [7, 11) is 0. The molecule has 1 rings (SSSR count). The normalized spacial score (nSPS) is 12.1. The van der Waals surface area contributed by atoms with Crippen molar-refractivity contribution in [3.8, 4) is 5.75 Å². The molecule has 0 saturated carbocycles. The zero-order valence-corrected chi connectivity index (χ0v) is 13.7. The second kappa shape index (κ2) is 8.03. The molecule has 1 N–H and O–H groups in total. The fourth-order valence-corrected chi connectivity index (χ4v) is 1.82. The van der Waals surface area contributed by atoms with Gasteiger partial charge in [-0.3, -0.25) is 9.59 Å². The van der Waals surface area contributed by atoms with Crippen LogP contribution >= 0.6 is 11.6 Å². The number of anilines is 1. The van der Waals surface area contributed by atoms with Gasteiger partial charge < -0.3 is 10.1 Å². The number of carbonyl (C=O) groups excluding carboxylic acids is 2. The van der Waals surface area contributed by atoms with Crippen molar-refractivity contribution >= 4 is 29.0 Å². The van der Waals surface area contributed by atoms with Crippen LogP contribution in [0.3, 0.4) is 0 Å². The Morgan fingerprint density at radius 3 is 2.48 bits per heavy atom. The average molecular weight is 312 g/mol. The number of ether oxygens (including phenoxy) is 1. The summed E-state index contributed by atoms with van der Waals surface area (Å²) >= 11 is 5.99. The molecular formula is C16H22ClNO3. The molecule has 0 spiro atoms. The van der Waals surface area contributed by atoms with Crippen molar-refractivity contribution in [1.29, 1.82) is 0 Å². The third-order valence-corrected chi connectivity index (χ3v) is 3.50. The molecule has 1 aromatic rings. The summed E-state index contributed by atoms with van der Waals surface area (Å²) < 4.78 is 5.51. The van der Waals surface area contributed by atoms with E-state index in [0.29, 0.717) is 30.0 Å². The minimum Gasteiger partial charge on any atom is -0.492 e. The monoisotopic (exact) mass is 311 g/mol. The van der Waals surface area contributed by atoms with Gasteiger partial charge >= 0.3 is 0 Å². The molecule has 0 fully saturated rings. The summed E-state index contributed by atoms with van der Waals surface area (Å²) in [4.78, 5) is 23.9. The molecule has 5 heteroatoms. The van der Waals surface area contributed by atoms with Gasteiger partial charge in [0.05, 0.1) is 17.7 Å². The van der Waals surface area contributed by atoms with Gasteiger partial charge in [0.15, 0.2) is 5.78 Å². The highest BCUT2D eigenvalue weighted by atomic mass is 35.5. The summed E-state index contributed by atoms with van der Waals surface area (Å²) in [6.07, 6.45) is 0.566. The van der Waals surface area contributed by atoms with Crippen molar-refractivity contribution < 1.29 is 14.3 Å². The molecule has 0 aliphatic rings. The fourth-order valence-electron chi connectivity index (χ4n) is 1.70. The highest BCUT2D eigenvalue weighted by Gasteiger charge is 2.18. The van der Waals surface area contributed by atoms with Gasteiger partial charge in [-0.2, -0.15) is 0 Å². The van der Waals surface area contributed by atoms with Crippen LogP contribution < -0.4 is 10.1 Å². The SMILES string of the molecule is CCOc1cc(C(=O)C(Cl)CC)ccc1NC(=O)C(C)C. The number of hydrogen-bond donors (Lipinski definition) is 1. The van der Waals surface area contributed by atoms with Crippen LogP contribution in [0.1, 0.15) is 44.5 Å². The van der Waals surface area contributed by atoms with Gasteiger partial charge in [0, 0.05) is 11.5 Å². The summed E-state index contributed by atoms with van der Waals surface area (Å²) in [6, 6.07) is 4.97. The smallest absolute Gasteiger partial charge is 0.227 e. The molecule has 0 radical (unpaired) electrons. The van der Waals surface area contributed by atoms with E-state index < -0.39 is 5.38 Å². The van der Waals surface area contributed by atoms with E-state index in [-0.39, 0.29) is 17.6 Å². The van der Waals surface area contributed by atoms with Gasteiger partial charge in [-0.25, -0.2) is 0 Å². The molecular weight excluding hydrogens is 290 g/mol. The van der Waals surface area contributed by atoms with Gasteiger partial charge in [-0.15, -0.1) is 11.6 Å². The van der Waals surface area contributed by atoms with E-state index >= 15 is 0 Å². The molecule has 0 aliphatic carbocycles. The molecule has 4 nitrogen and oxygen atoms in total. The molecule has 116 valence electrons. The molecule has 1 aromatic carbocycles. The maximum absolute atomic E-state index is 12.1. The Labute approximate surface area is 130 Å². The van der Waals surface area contributed by atoms with Crippen LogP contribution in [0.15, 0.2) is 18.2 Å². The van der Waals surface area contributed by atoms with Crippen molar-refractivity contribution in [3.05, 3.63) is 23.8 Å². The van der Waals surface area contributed by atoms with Crippen molar-refractivity contribution in [2.24, 2.45) is 5.92 Å². The molecule has 1 amide bonds. The Morgan fingerprint density at radius 1 is 1.29 bits per heavy atom. The first-order valence-corrected chi connectivity index (χ1v) is 7.60. The van der Waals surface area contributed by atoms with Gasteiger partial charge in [0.25, 0.3) is 0 Å². The molecule has 0 aromatic heterocycles. The maximum Gasteiger partial charge on any atom is 0.227 e. The van der Waals surface area contributed by atoms with Crippen LogP contribution in [0.25, 0.3) is 0 Å². The van der Waals surface area contributed by atoms with Gasteiger partial charge in [0.2, 0.25) is 5.91 Å². The molecule has 1 atom stereocenters. The lowest BCUT2D eigenvalue weighted by molar-refractivity contribution is -0.118. The number of Topliss-reactive ketones (excluding diaryl/α,β-unsaturated/α-hetero) is 1. The van der Waals surface area contributed by atoms with E-state index in [4.69, 9.17) is 16.3 Å². The Bertz CT molecular complexity index is 514. The minimum absolute atomic E-state index is 0.0983. The number of rotatable bonds is 7. The Kier molecular flexibility index (Phi) is 6.69. The maximum atomic E-state index is 12.1. The van der Waals surface area contributed by atoms with E-state index in [1.54, 1.807) is 18.2 Å². The van der Waals surface area contributed by atoms with E-state index in [0.717, 1.165) is 0 Å². The lowest BCUT2D eigenvalue weighted by Crippen LogP contribution is -2.19. The first-order valence-electron chi connectivity index (χ1n) is 7.16. The largest absolute Gasteiger partial charge is 0.492 e. The molecule has 0 bridgehead atoms. The topological polar surface area (TPSA) is 55.4 Å². The second-order valence-corrected chi connectivity index (χ2v) is 5.55. The van der Waals surface area contributed by atoms with Crippen molar-refractivity contribution in [2.45, 2.75) is 39.5 Å². The van der Waals surface area contributed by atoms with Crippen LogP contribution in [0.4, 0.5) is 5.69 Å². The van der Waals surface area contributed by atoms with Crippen molar-refractivity contribution in [2.75, 3.05) is 11.9 Å². The first-order chi connectivity index (χ1) is 9.90. The summed E-state index contributed by atoms with van der Waals surface area (Å²) in [5.74, 6) is 0.117. The Balaban J connectivity index is 3.06. The number of hydrogen-bond acceptors (Lipinski definition) is 3. The molecule has 1 unspecified atom stereocenters. The van der Waals surface area contributed by atoms with Crippen LogP contribution in [-0.4, -0.2) is 23.7 Å².